The highest BCUT2D eigenvalue weighted by Crippen LogP contribution is 2.24. The number of nitrogens with zero attached hydrogens (tertiary/aromatic N) is 3. The van der Waals surface area contributed by atoms with Crippen molar-refractivity contribution in [2.75, 3.05) is 38.6 Å². The number of hydrogen-bond donors (Lipinski definition) is 1. The molecule has 1 aromatic heterocycles. The van der Waals surface area contributed by atoms with Crippen molar-refractivity contribution in [3.63, 3.8) is 0 Å². The van der Waals surface area contributed by atoms with Crippen LogP contribution in [-0.2, 0) is 6.54 Å². The molecule has 1 saturated heterocycles. The Kier molecular flexibility index (Phi) is 6.07. The highest BCUT2D eigenvalue weighted by atomic mass is 32.1. The summed E-state index contributed by atoms with van der Waals surface area (Å²) in [5, 5.41) is 6.17. The van der Waals surface area contributed by atoms with Gasteiger partial charge < -0.3 is 15.0 Å². The lowest BCUT2D eigenvalue weighted by molar-refractivity contribution is 0.143. The maximum Gasteiger partial charge on any atom is 0.322 e. The van der Waals surface area contributed by atoms with Gasteiger partial charge in [0.25, 0.3) is 0 Å². The topological polar surface area (TPSA) is 57.7 Å². The van der Waals surface area contributed by atoms with Crippen LogP contribution in [0, 0.1) is 0 Å². The van der Waals surface area contributed by atoms with Crippen molar-refractivity contribution in [3.05, 3.63) is 65.0 Å². The van der Waals surface area contributed by atoms with Crippen LogP contribution in [0.4, 0.5) is 10.5 Å². The van der Waals surface area contributed by atoms with Crippen LogP contribution < -0.4 is 10.1 Å². The Morgan fingerprint density at radius 3 is 2.55 bits per heavy atom. The van der Waals surface area contributed by atoms with Gasteiger partial charge in [0.15, 0.2) is 0 Å². The van der Waals surface area contributed by atoms with Gasteiger partial charge in [-0.2, -0.15) is 0 Å². The third kappa shape index (κ3) is 4.75. The van der Waals surface area contributed by atoms with E-state index in [9.17, 15) is 4.79 Å². The van der Waals surface area contributed by atoms with E-state index in [-0.39, 0.29) is 6.03 Å². The number of urea groups is 1. The lowest BCUT2D eigenvalue weighted by atomic mass is 10.2. The van der Waals surface area contributed by atoms with Crippen LogP contribution in [0.2, 0.25) is 0 Å². The molecule has 1 N–H and O–H groups in total. The monoisotopic (exact) mass is 408 g/mol. The molecule has 0 bridgehead atoms. The number of piperazine rings is 1. The number of hydrogen-bond acceptors (Lipinski definition) is 5. The van der Waals surface area contributed by atoms with Crippen molar-refractivity contribution in [2.45, 2.75) is 6.54 Å². The molecule has 2 heterocycles. The summed E-state index contributed by atoms with van der Waals surface area (Å²) >= 11 is 1.69. The molecule has 0 radical (unpaired) electrons. The molecule has 29 heavy (non-hydrogen) atoms. The van der Waals surface area contributed by atoms with Gasteiger partial charge >= 0.3 is 6.03 Å². The summed E-state index contributed by atoms with van der Waals surface area (Å²) in [4.78, 5) is 21.6. The van der Waals surface area contributed by atoms with E-state index in [0.717, 1.165) is 35.9 Å². The first-order chi connectivity index (χ1) is 14.2. The van der Waals surface area contributed by atoms with E-state index in [2.05, 4.69) is 27.7 Å². The van der Waals surface area contributed by atoms with Crippen molar-refractivity contribution in [2.24, 2.45) is 0 Å². The number of aromatic nitrogens is 1. The number of para-hydroxylation sites is 2. The summed E-state index contributed by atoms with van der Waals surface area (Å²) in [6.45, 7) is 3.87. The van der Waals surface area contributed by atoms with Crippen molar-refractivity contribution in [1.29, 1.82) is 0 Å². The highest BCUT2D eigenvalue weighted by Gasteiger charge is 2.22. The number of carbonyl (C=O) groups excluding carboxylic acids is 1. The van der Waals surface area contributed by atoms with Gasteiger partial charge in [0, 0.05) is 37.1 Å². The fraction of sp³-hybridized carbons (Fsp3) is 0.273. The van der Waals surface area contributed by atoms with Crippen LogP contribution >= 0.6 is 11.3 Å². The van der Waals surface area contributed by atoms with Gasteiger partial charge in [-0.05, 0) is 12.1 Å². The molecule has 1 fully saturated rings. The van der Waals surface area contributed by atoms with Crippen LogP contribution in [0.1, 0.15) is 5.01 Å². The second-order valence-electron chi connectivity index (χ2n) is 6.89. The number of methoxy groups -OCH3 is 1. The Bertz CT molecular complexity index is 952. The molecular formula is C22H24N4O2S. The molecule has 2 amide bonds. The molecule has 0 saturated carbocycles. The fourth-order valence-electron chi connectivity index (χ4n) is 3.37. The van der Waals surface area contributed by atoms with Gasteiger partial charge in [0.1, 0.15) is 10.8 Å². The maximum atomic E-state index is 12.6. The maximum absolute atomic E-state index is 12.6. The largest absolute Gasteiger partial charge is 0.495 e. The summed E-state index contributed by atoms with van der Waals surface area (Å²) in [5.41, 5.74) is 2.87. The Balaban J connectivity index is 1.29. The number of nitrogens with one attached hydrogen (secondary N) is 1. The minimum atomic E-state index is -0.0882. The van der Waals surface area contributed by atoms with Gasteiger partial charge in [0.2, 0.25) is 0 Å². The van der Waals surface area contributed by atoms with Gasteiger partial charge in [-0.25, -0.2) is 9.78 Å². The molecule has 150 valence electrons. The minimum Gasteiger partial charge on any atom is -0.495 e. The molecule has 4 rings (SSSR count). The summed E-state index contributed by atoms with van der Waals surface area (Å²) in [7, 11) is 1.60. The highest BCUT2D eigenvalue weighted by molar-refractivity contribution is 7.09. The SMILES string of the molecule is COc1ccccc1NC(=O)N1CCN(Cc2nc(-c3ccccc3)cs2)CC1. The second-order valence-corrected chi connectivity index (χ2v) is 7.83. The first kappa shape index (κ1) is 19.4. The third-order valence-electron chi connectivity index (χ3n) is 4.99. The normalized spacial score (nSPS) is 14.6. The number of thiazole rings is 1. The number of ether oxygens (including phenoxy) is 1. The lowest BCUT2D eigenvalue weighted by Crippen LogP contribution is -2.49. The quantitative estimate of drug-likeness (QED) is 0.688. The summed E-state index contributed by atoms with van der Waals surface area (Å²) < 4.78 is 5.30. The number of amides is 2. The van der Waals surface area contributed by atoms with E-state index in [1.54, 1.807) is 18.4 Å². The second kappa shape index (κ2) is 9.07. The molecule has 3 aromatic rings. The zero-order valence-corrected chi connectivity index (χ0v) is 17.2. The predicted octanol–water partition coefficient (Wildman–Crippen LogP) is 4.17. The van der Waals surface area contributed by atoms with E-state index < -0.39 is 0 Å². The molecule has 2 aromatic carbocycles. The Hall–Kier alpha value is -2.90. The number of anilines is 1. The molecule has 0 atom stereocenters. The van der Waals surface area contributed by atoms with E-state index in [0.29, 0.717) is 24.5 Å². The zero-order chi connectivity index (χ0) is 20.1. The molecule has 6 nitrogen and oxygen atoms in total. The average molecular weight is 409 g/mol. The van der Waals surface area contributed by atoms with E-state index in [4.69, 9.17) is 9.72 Å². The molecule has 1 aliphatic rings. The van der Waals surface area contributed by atoms with Crippen molar-refractivity contribution in [1.82, 2.24) is 14.8 Å². The van der Waals surface area contributed by atoms with Crippen molar-refractivity contribution in [3.8, 4) is 17.0 Å². The number of rotatable bonds is 5. The molecule has 7 heteroatoms. The lowest BCUT2D eigenvalue weighted by Gasteiger charge is -2.34. The molecule has 0 aliphatic carbocycles. The van der Waals surface area contributed by atoms with Gasteiger partial charge in [-0.1, -0.05) is 42.5 Å². The first-order valence-electron chi connectivity index (χ1n) is 9.64. The summed E-state index contributed by atoms with van der Waals surface area (Å²) in [5.74, 6) is 0.664. The molecule has 0 spiro atoms. The van der Waals surface area contributed by atoms with Crippen LogP contribution in [0.5, 0.6) is 5.75 Å². The Morgan fingerprint density at radius 2 is 1.79 bits per heavy atom. The van der Waals surface area contributed by atoms with Crippen molar-refractivity contribution < 1.29 is 9.53 Å². The molecule has 1 aliphatic heterocycles. The number of benzene rings is 2. The van der Waals surface area contributed by atoms with Gasteiger partial charge in [0.05, 0.1) is 25.0 Å². The van der Waals surface area contributed by atoms with Gasteiger partial charge in [-0.3, -0.25) is 4.90 Å². The standard InChI is InChI=1S/C22H24N4O2S/c1-28-20-10-6-5-9-18(20)24-22(27)26-13-11-25(12-14-26)15-21-23-19(16-29-21)17-7-3-2-4-8-17/h2-10,16H,11-15H2,1H3,(H,24,27). The molecule has 0 unspecified atom stereocenters. The van der Waals surface area contributed by atoms with Gasteiger partial charge in [-0.15, -0.1) is 11.3 Å². The van der Waals surface area contributed by atoms with E-state index in [1.807, 2.05) is 47.4 Å². The third-order valence-corrected chi connectivity index (χ3v) is 5.82. The molecular weight excluding hydrogens is 384 g/mol. The van der Waals surface area contributed by atoms with Crippen LogP contribution in [0.3, 0.4) is 0 Å². The number of carbonyl (C=O) groups is 1. The minimum absolute atomic E-state index is 0.0882. The zero-order valence-electron chi connectivity index (χ0n) is 16.4. The Morgan fingerprint density at radius 1 is 1.07 bits per heavy atom. The predicted molar refractivity (Wildman–Crippen MR) is 116 cm³/mol. The van der Waals surface area contributed by atoms with Crippen LogP contribution in [0.25, 0.3) is 11.3 Å². The smallest absolute Gasteiger partial charge is 0.322 e. The first-order valence-corrected chi connectivity index (χ1v) is 10.5. The van der Waals surface area contributed by atoms with E-state index >= 15 is 0 Å². The van der Waals surface area contributed by atoms with E-state index in [1.165, 1.54) is 0 Å². The fourth-order valence-corrected chi connectivity index (χ4v) is 4.21. The van der Waals surface area contributed by atoms with Crippen molar-refractivity contribution >= 4 is 23.1 Å². The summed E-state index contributed by atoms with van der Waals surface area (Å²) in [6.07, 6.45) is 0. The van der Waals surface area contributed by atoms with Crippen LogP contribution in [0.15, 0.2) is 60.0 Å². The Labute approximate surface area is 174 Å². The van der Waals surface area contributed by atoms with Crippen LogP contribution in [-0.4, -0.2) is 54.1 Å². The average Bonchev–Trinajstić information content (AvgIpc) is 3.24. The summed E-state index contributed by atoms with van der Waals surface area (Å²) in [6, 6.07) is 17.6.